The van der Waals surface area contributed by atoms with Gasteiger partial charge in [0.15, 0.2) is 16.8 Å². The van der Waals surface area contributed by atoms with E-state index in [4.69, 9.17) is 16.7 Å². The van der Waals surface area contributed by atoms with E-state index in [-0.39, 0.29) is 42.2 Å². The van der Waals surface area contributed by atoms with Crippen molar-refractivity contribution in [2.45, 2.75) is 64.8 Å². The molecule has 2 N–H and O–H groups in total. The highest BCUT2D eigenvalue weighted by Gasteiger charge is 2.34. The second-order valence-electron chi connectivity index (χ2n) is 10.9. The van der Waals surface area contributed by atoms with Crippen molar-refractivity contribution in [2.75, 3.05) is 43.4 Å². The Morgan fingerprint density at radius 3 is 2.70 bits per heavy atom. The van der Waals surface area contributed by atoms with E-state index in [1.54, 1.807) is 4.90 Å². The number of carboxylic acid groups (broad SMARTS) is 1. The summed E-state index contributed by atoms with van der Waals surface area (Å²) in [7, 11) is 1.85. The van der Waals surface area contributed by atoms with Crippen molar-refractivity contribution in [3.8, 4) is 11.3 Å². The van der Waals surface area contributed by atoms with Gasteiger partial charge in [0.05, 0.1) is 22.7 Å². The number of carbonyl (C=O) groups is 1. The maximum absolute atomic E-state index is 15.7. The van der Waals surface area contributed by atoms with Gasteiger partial charge in [-0.2, -0.15) is 17.6 Å². The molecule has 2 saturated heterocycles. The number of benzene rings is 1. The fraction of sp³-hybridized carbons (Fsp3) is 0.517. The minimum atomic E-state index is -4.63. The molecule has 0 bridgehead atoms. The molecule has 4 heterocycles. The molecular formula is C29H36ClF4N7O2S. The van der Waals surface area contributed by atoms with Crippen LogP contribution in [-0.2, 0) is 17.5 Å². The molecule has 44 heavy (non-hydrogen) atoms. The van der Waals surface area contributed by atoms with Gasteiger partial charge in [-0.15, -0.1) is 0 Å². The van der Waals surface area contributed by atoms with Crippen LogP contribution < -0.4 is 10.2 Å². The number of aliphatic carboxylic acids is 1. The van der Waals surface area contributed by atoms with Gasteiger partial charge in [-0.1, -0.05) is 36.4 Å². The van der Waals surface area contributed by atoms with Crippen molar-refractivity contribution >= 4 is 45.7 Å². The Bertz CT molecular complexity index is 1470. The van der Waals surface area contributed by atoms with Gasteiger partial charge in [0.25, 0.3) is 0 Å². The molecule has 0 radical (unpaired) electrons. The van der Waals surface area contributed by atoms with Gasteiger partial charge in [-0.05, 0) is 51.9 Å². The topological polar surface area (TPSA) is 97.7 Å². The van der Waals surface area contributed by atoms with E-state index >= 15 is 4.39 Å². The van der Waals surface area contributed by atoms with Gasteiger partial charge < -0.3 is 20.2 Å². The molecular weight excluding hydrogens is 622 g/mol. The number of hydrogen-bond acceptors (Lipinski definition) is 9. The van der Waals surface area contributed by atoms with Crippen LogP contribution in [0.25, 0.3) is 11.3 Å². The number of aromatic nitrogens is 3. The summed E-state index contributed by atoms with van der Waals surface area (Å²) < 4.78 is 56.7. The van der Waals surface area contributed by atoms with E-state index in [0.29, 0.717) is 37.9 Å². The van der Waals surface area contributed by atoms with Crippen LogP contribution >= 0.6 is 22.9 Å². The first-order valence-electron chi connectivity index (χ1n) is 14.0. The molecule has 0 saturated carbocycles. The Kier molecular flexibility index (Phi) is 10.7. The molecule has 2 aliphatic rings. The van der Waals surface area contributed by atoms with E-state index < -0.39 is 28.5 Å². The third-order valence-electron chi connectivity index (χ3n) is 8.04. The van der Waals surface area contributed by atoms with Crippen molar-refractivity contribution in [3.05, 3.63) is 45.8 Å². The number of thiazole rings is 1. The van der Waals surface area contributed by atoms with Crippen molar-refractivity contribution < 1.29 is 27.5 Å². The van der Waals surface area contributed by atoms with Crippen molar-refractivity contribution in [3.63, 3.8) is 0 Å². The predicted octanol–water partition coefficient (Wildman–Crippen LogP) is 6.76. The van der Waals surface area contributed by atoms with Crippen LogP contribution in [0.5, 0.6) is 0 Å². The third kappa shape index (κ3) is 7.59. The van der Waals surface area contributed by atoms with E-state index in [1.807, 2.05) is 11.9 Å². The first-order chi connectivity index (χ1) is 20.4. The molecule has 2 fully saturated rings. The Labute approximate surface area is 262 Å². The summed E-state index contributed by atoms with van der Waals surface area (Å²) in [6, 6.07) is 4.08. The smallest absolute Gasteiger partial charge is 0.417 e. The summed E-state index contributed by atoms with van der Waals surface area (Å²) in [4.78, 5) is 30.5. The first-order valence-corrected chi connectivity index (χ1v) is 15.2. The summed E-state index contributed by atoms with van der Waals surface area (Å²) in [6.07, 6.45) is -0.587. The molecule has 3 aromatic rings. The maximum atomic E-state index is 15.7. The maximum Gasteiger partial charge on any atom is 0.417 e. The highest BCUT2D eigenvalue weighted by molar-refractivity contribution is 7.16. The monoisotopic (exact) mass is 657 g/mol. The molecule has 0 spiro atoms. The fourth-order valence-corrected chi connectivity index (χ4v) is 6.79. The number of halogens is 5. The van der Waals surface area contributed by atoms with E-state index in [0.717, 1.165) is 36.8 Å². The zero-order chi connectivity index (χ0) is 30.9. The van der Waals surface area contributed by atoms with Crippen LogP contribution in [0.1, 0.15) is 50.5 Å². The Hall–Kier alpha value is -3.07. The average Bonchev–Trinajstić information content (AvgIpc) is 3.69. The van der Waals surface area contributed by atoms with Gasteiger partial charge in [0.1, 0.15) is 6.33 Å². The van der Waals surface area contributed by atoms with Gasteiger partial charge in [0.2, 0.25) is 5.82 Å². The molecule has 0 amide bonds. The quantitative estimate of drug-likeness (QED) is 0.229. The normalized spacial score (nSPS) is 19.0. The highest BCUT2D eigenvalue weighted by atomic mass is 35.5. The summed E-state index contributed by atoms with van der Waals surface area (Å²) >= 11 is 7.11. The molecule has 2 aliphatic heterocycles. The Morgan fingerprint density at radius 1 is 1.25 bits per heavy atom. The number of nitrogens with zero attached hydrogens (tertiary/aromatic N) is 6. The van der Waals surface area contributed by atoms with Gasteiger partial charge in [-0.25, -0.2) is 15.0 Å². The second kappa shape index (κ2) is 13.9. The van der Waals surface area contributed by atoms with Crippen LogP contribution in [0, 0.1) is 5.82 Å². The zero-order valence-electron chi connectivity index (χ0n) is 23.7. The van der Waals surface area contributed by atoms with Gasteiger partial charge in [0, 0.05) is 48.7 Å². The molecule has 9 nitrogen and oxygen atoms in total. The summed E-state index contributed by atoms with van der Waals surface area (Å²) in [5.74, 6) is -1.53. The molecule has 240 valence electrons. The number of anilines is 3. The third-order valence-corrected chi connectivity index (χ3v) is 9.33. The van der Waals surface area contributed by atoms with E-state index in [9.17, 15) is 18.0 Å². The highest BCUT2D eigenvalue weighted by Crippen LogP contribution is 2.40. The average molecular weight is 658 g/mol. The number of rotatable bonds is 10. The van der Waals surface area contributed by atoms with Crippen molar-refractivity contribution in [2.24, 2.45) is 0 Å². The van der Waals surface area contributed by atoms with Crippen molar-refractivity contribution in [1.82, 2.24) is 24.8 Å². The summed E-state index contributed by atoms with van der Waals surface area (Å²) in [6.45, 7) is 4.86. The lowest BCUT2D eigenvalue weighted by Gasteiger charge is -2.24. The SMILES string of the molecule is C.C[C@@H]1CCCN1Cc1sc(Nc2ncnc(N3CC[C@H](N(C)CCC(=O)O)C3)c2F)nc1-c1ccc(Cl)c(C(F)(F)F)c1. The number of likely N-dealkylation sites (N-methyl/N-ethyl adjacent to an activating group) is 1. The lowest BCUT2D eigenvalue weighted by molar-refractivity contribution is -0.138. The fourth-order valence-electron chi connectivity index (χ4n) is 5.56. The second-order valence-corrected chi connectivity index (χ2v) is 12.4. The lowest BCUT2D eigenvalue weighted by atomic mass is 10.1. The largest absolute Gasteiger partial charge is 0.481 e. The van der Waals surface area contributed by atoms with E-state index in [1.165, 1.54) is 29.8 Å². The number of nitrogens with one attached hydrogen (secondary N) is 1. The molecule has 1 aromatic carbocycles. The van der Waals surface area contributed by atoms with Crippen molar-refractivity contribution in [1.29, 1.82) is 0 Å². The summed E-state index contributed by atoms with van der Waals surface area (Å²) in [5.41, 5.74) is -0.309. The van der Waals surface area contributed by atoms with Gasteiger partial charge >= 0.3 is 12.1 Å². The molecule has 0 aliphatic carbocycles. The molecule has 2 atom stereocenters. The number of hydrogen-bond donors (Lipinski definition) is 2. The molecule has 15 heteroatoms. The van der Waals surface area contributed by atoms with Crippen LogP contribution in [0.3, 0.4) is 0 Å². The van der Waals surface area contributed by atoms with E-state index in [2.05, 4.69) is 32.1 Å². The van der Waals surface area contributed by atoms with Crippen LogP contribution in [0.2, 0.25) is 5.02 Å². The molecule has 5 rings (SSSR count). The number of alkyl halides is 3. The van der Waals surface area contributed by atoms with Crippen LogP contribution in [0.4, 0.5) is 34.3 Å². The minimum absolute atomic E-state index is 0. The summed E-state index contributed by atoms with van der Waals surface area (Å²) in [5, 5.41) is 11.8. The van der Waals surface area contributed by atoms with Crippen LogP contribution in [-0.4, -0.2) is 81.1 Å². The zero-order valence-corrected chi connectivity index (χ0v) is 25.2. The van der Waals surface area contributed by atoms with Gasteiger partial charge in [-0.3, -0.25) is 9.69 Å². The number of likely N-dealkylation sites (tertiary alicyclic amines) is 1. The Morgan fingerprint density at radius 2 is 2.02 bits per heavy atom. The standard InChI is InChI=1S/C28H32ClF4N7O2S.CH4/c1-16-4-3-9-39(16)14-21-24(17-5-6-20(29)19(12-17)28(31,32)33)36-27(43-21)37-25-23(30)26(35-15-34-25)40-11-7-18(13-40)38(2)10-8-22(41)42;/h5-6,12,15-16,18H,3-4,7-11,13-14H2,1-2H3,(H,41,42)(H,34,35,36,37);1H4/t16-,18+;/m1./s1. The Balaban J connectivity index is 0.00000442. The first kappa shape index (κ1) is 33.8. The molecule has 2 aromatic heterocycles. The number of carboxylic acids is 1. The lowest BCUT2D eigenvalue weighted by Crippen LogP contribution is -2.36. The minimum Gasteiger partial charge on any atom is -0.481 e. The van der Waals surface area contributed by atoms with Crippen LogP contribution in [0.15, 0.2) is 24.5 Å². The molecule has 0 unspecified atom stereocenters. The predicted molar refractivity (Wildman–Crippen MR) is 164 cm³/mol.